The van der Waals surface area contributed by atoms with Gasteiger partial charge in [-0.05, 0) is 27.9 Å². The van der Waals surface area contributed by atoms with Gasteiger partial charge in [0.25, 0.3) is 0 Å². The molecule has 0 atom stereocenters. The number of carboxylic acid groups (broad SMARTS) is 1. The van der Waals surface area contributed by atoms with Gasteiger partial charge in [0.2, 0.25) is 0 Å². The molecule has 0 unspecified atom stereocenters. The van der Waals surface area contributed by atoms with Crippen molar-refractivity contribution < 1.29 is 14.7 Å². The number of likely N-dealkylation sites (N-methyl/N-ethyl adjacent to an activating group) is 1. The van der Waals surface area contributed by atoms with Crippen LogP contribution in [0.3, 0.4) is 0 Å². The number of carbonyl (C=O) groups excluding carboxylic acids is 1. The molecule has 21 heavy (non-hydrogen) atoms. The fourth-order valence-electron chi connectivity index (χ4n) is 1.99. The summed E-state index contributed by atoms with van der Waals surface area (Å²) in [5, 5.41) is 11.6. The summed E-state index contributed by atoms with van der Waals surface area (Å²) >= 11 is 0. The number of rotatable bonds is 6. The SMILES string of the molecule is CN(C)C(C)(C)CNC(=O)N1CCN(CCC(=O)O)CC1. The second-order valence-electron chi connectivity index (χ2n) is 6.34. The Morgan fingerprint density at radius 3 is 2.24 bits per heavy atom. The smallest absolute Gasteiger partial charge is 0.317 e. The first kappa shape index (κ1) is 17.7. The monoisotopic (exact) mass is 300 g/mol. The lowest BCUT2D eigenvalue weighted by Gasteiger charge is -2.36. The number of hydrogen-bond acceptors (Lipinski definition) is 4. The average Bonchev–Trinajstić information content (AvgIpc) is 2.43. The van der Waals surface area contributed by atoms with Crippen LogP contribution >= 0.6 is 0 Å². The summed E-state index contributed by atoms with van der Waals surface area (Å²) in [4.78, 5) is 28.6. The van der Waals surface area contributed by atoms with E-state index in [1.807, 2.05) is 14.1 Å². The predicted molar refractivity (Wildman–Crippen MR) is 81.4 cm³/mol. The molecule has 1 fully saturated rings. The summed E-state index contributed by atoms with van der Waals surface area (Å²) in [5.74, 6) is -0.777. The molecule has 2 N–H and O–H groups in total. The molecule has 1 aliphatic rings. The molecular formula is C14H28N4O3. The Labute approximate surface area is 126 Å². The third kappa shape index (κ3) is 5.89. The van der Waals surface area contributed by atoms with Crippen molar-refractivity contribution in [1.29, 1.82) is 0 Å². The van der Waals surface area contributed by atoms with E-state index >= 15 is 0 Å². The topological polar surface area (TPSA) is 76.1 Å². The molecule has 1 saturated heterocycles. The highest BCUT2D eigenvalue weighted by Gasteiger charge is 2.25. The maximum absolute atomic E-state index is 12.1. The molecule has 2 amide bonds. The Balaban J connectivity index is 2.30. The standard InChI is InChI=1S/C14H28N4O3/c1-14(2,16(3)4)11-15-13(21)18-9-7-17(8-10-18)6-5-12(19)20/h5-11H2,1-4H3,(H,15,21)(H,19,20). The van der Waals surface area contributed by atoms with Gasteiger partial charge in [-0.25, -0.2) is 4.79 Å². The van der Waals surface area contributed by atoms with Crippen LogP contribution in [0.15, 0.2) is 0 Å². The molecule has 0 aromatic carbocycles. The summed E-state index contributed by atoms with van der Waals surface area (Å²) in [7, 11) is 3.99. The number of piperazine rings is 1. The quantitative estimate of drug-likeness (QED) is 0.729. The number of aliphatic carboxylic acids is 1. The molecule has 0 aromatic rings. The Kier molecular flexibility index (Phi) is 6.42. The van der Waals surface area contributed by atoms with E-state index in [2.05, 4.69) is 29.0 Å². The lowest BCUT2D eigenvalue weighted by Crippen LogP contribution is -2.55. The molecule has 0 bridgehead atoms. The van der Waals surface area contributed by atoms with Gasteiger partial charge in [0.15, 0.2) is 0 Å². The summed E-state index contributed by atoms with van der Waals surface area (Å²) in [6.45, 7) is 8.07. The molecule has 0 aliphatic carbocycles. The van der Waals surface area contributed by atoms with Gasteiger partial charge < -0.3 is 20.2 Å². The zero-order chi connectivity index (χ0) is 16.0. The molecule has 7 heteroatoms. The Hall–Kier alpha value is -1.34. The van der Waals surface area contributed by atoms with Crippen molar-refractivity contribution in [2.75, 3.05) is 53.4 Å². The molecule has 1 rings (SSSR count). The van der Waals surface area contributed by atoms with Crippen molar-refractivity contribution >= 4 is 12.0 Å². The first-order valence-corrected chi connectivity index (χ1v) is 7.37. The highest BCUT2D eigenvalue weighted by molar-refractivity contribution is 5.74. The predicted octanol–water partition coefficient (Wildman–Crippen LogP) is 0.129. The van der Waals surface area contributed by atoms with E-state index in [1.165, 1.54) is 0 Å². The molecular weight excluding hydrogens is 272 g/mol. The van der Waals surface area contributed by atoms with Crippen molar-refractivity contribution in [1.82, 2.24) is 20.0 Å². The normalized spacial score (nSPS) is 17.1. The van der Waals surface area contributed by atoms with Crippen molar-refractivity contribution in [3.63, 3.8) is 0 Å². The van der Waals surface area contributed by atoms with Gasteiger partial charge in [0, 0.05) is 44.8 Å². The van der Waals surface area contributed by atoms with Crippen molar-refractivity contribution in [3.8, 4) is 0 Å². The van der Waals surface area contributed by atoms with Crippen LogP contribution in [-0.2, 0) is 4.79 Å². The van der Waals surface area contributed by atoms with Gasteiger partial charge in [0.05, 0.1) is 6.42 Å². The second kappa shape index (κ2) is 7.61. The fourth-order valence-corrected chi connectivity index (χ4v) is 1.99. The number of hydrogen-bond donors (Lipinski definition) is 2. The molecule has 0 radical (unpaired) electrons. The Morgan fingerprint density at radius 1 is 1.19 bits per heavy atom. The van der Waals surface area contributed by atoms with E-state index in [0.717, 1.165) is 13.1 Å². The van der Waals surface area contributed by atoms with Crippen molar-refractivity contribution in [2.24, 2.45) is 0 Å². The highest BCUT2D eigenvalue weighted by atomic mass is 16.4. The molecule has 1 heterocycles. The molecule has 0 spiro atoms. The van der Waals surface area contributed by atoms with Crippen LogP contribution in [0.4, 0.5) is 4.79 Å². The maximum atomic E-state index is 12.1. The van der Waals surface area contributed by atoms with E-state index in [1.54, 1.807) is 4.90 Å². The third-order valence-corrected chi connectivity index (χ3v) is 4.18. The molecule has 0 aromatic heterocycles. The average molecular weight is 300 g/mol. The highest BCUT2D eigenvalue weighted by Crippen LogP contribution is 2.09. The Morgan fingerprint density at radius 2 is 1.76 bits per heavy atom. The number of carbonyl (C=O) groups is 2. The van der Waals surface area contributed by atoms with Crippen LogP contribution in [0.5, 0.6) is 0 Å². The minimum Gasteiger partial charge on any atom is -0.481 e. The Bertz CT molecular complexity index is 363. The number of urea groups is 1. The first-order valence-electron chi connectivity index (χ1n) is 7.37. The number of carboxylic acids is 1. The van der Waals surface area contributed by atoms with Gasteiger partial charge in [-0.2, -0.15) is 0 Å². The summed E-state index contributed by atoms with van der Waals surface area (Å²) in [6, 6.07) is -0.0391. The van der Waals surface area contributed by atoms with Crippen molar-refractivity contribution in [3.05, 3.63) is 0 Å². The fraction of sp³-hybridized carbons (Fsp3) is 0.857. The van der Waals surface area contributed by atoms with E-state index in [9.17, 15) is 9.59 Å². The lowest BCUT2D eigenvalue weighted by molar-refractivity contribution is -0.137. The van der Waals surface area contributed by atoms with Gasteiger partial charge >= 0.3 is 12.0 Å². The molecule has 122 valence electrons. The number of nitrogens with zero attached hydrogens (tertiary/aromatic N) is 3. The molecule has 1 aliphatic heterocycles. The number of nitrogens with one attached hydrogen (secondary N) is 1. The van der Waals surface area contributed by atoms with Gasteiger partial charge in [-0.15, -0.1) is 0 Å². The van der Waals surface area contributed by atoms with Crippen LogP contribution in [0, 0.1) is 0 Å². The summed E-state index contributed by atoms with van der Waals surface area (Å²) in [5.41, 5.74) is -0.0844. The summed E-state index contributed by atoms with van der Waals surface area (Å²) in [6.07, 6.45) is 0.156. The lowest BCUT2D eigenvalue weighted by atomic mass is 10.0. The first-order chi connectivity index (χ1) is 9.72. The van der Waals surface area contributed by atoms with Crippen LogP contribution in [-0.4, -0.2) is 90.7 Å². The van der Waals surface area contributed by atoms with E-state index in [0.29, 0.717) is 26.2 Å². The van der Waals surface area contributed by atoms with Gasteiger partial charge in [0.1, 0.15) is 0 Å². The van der Waals surface area contributed by atoms with Gasteiger partial charge in [-0.1, -0.05) is 0 Å². The van der Waals surface area contributed by atoms with Crippen LogP contribution in [0.25, 0.3) is 0 Å². The summed E-state index contributed by atoms with van der Waals surface area (Å²) < 4.78 is 0. The van der Waals surface area contributed by atoms with Crippen molar-refractivity contribution in [2.45, 2.75) is 25.8 Å². The minimum absolute atomic E-state index is 0.0391. The third-order valence-electron chi connectivity index (χ3n) is 4.18. The molecule has 0 saturated carbocycles. The van der Waals surface area contributed by atoms with E-state index in [-0.39, 0.29) is 18.0 Å². The van der Waals surface area contributed by atoms with E-state index < -0.39 is 5.97 Å². The second-order valence-corrected chi connectivity index (χ2v) is 6.34. The van der Waals surface area contributed by atoms with E-state index in [4.69, 9.17) is 5.11 Å². The van der Waals surface area contributed by atoms with Crippen LogP contribution in [0.1, 0.15) is 20.3 Å². The maximum Gasteiger partial charge on any atom is 0.317 e. The van der Waals surface area contributed by atoms with Crippen LogP contribution in [0.2, 0.25) is 0 Å². The number of amides is 2. The molecule has 7 nitrogen and oxygen atoms in total. The largest absolute Gasteiger partial charge is 0.481 e. The van der Waals surface area contributed by atoms with Crippen LogP contribution < -0.4 is 5.32 Å². The zero-order valence-corrected chi connectivity index (χ0v) is 13.6. The van der Waals surface area contributed by atoms with Gasteiger partial charge in [-0.3, -0.25) is 9.69 Å². The minimum atomic E-state index is -0.777. The zero-order valence-electron chi connectivity index (χ0n) is 13.6.